The van der Waals surface area contributed by atoms with Crippen LogP contribution in [0.15, 0.2) is 43.1 Å². The van der Waals surface area contributed by atoms with Crippen LogP contribution in [0, 0.1) is 13.8 Å². The third-order valence-electron chi connectivity index (χ3n) is 4.65. The number of benzene rings is 1. The minimum absolute atomic E-state index is 0.545. The molecule has 0 saturated carbocycles. The lowest BCUT2D eigenvalue weighted by Crippen LogP contribution is -2.23. The van der Waals surface area contributed by atoms with E-state index in [1.165, 1.54) is 36.1 Å². The molecule has 1 saturated heterocycles. The van der Waals surface area contributed by atoms with Gasteiger partial charge in [0.2, 0.25) is 0 Å². The molecule has 3 nitrogen and oxygen atoms in total. The molecule has 3 rings (SSSR count). The van der Waals surface area contributed by atoms with Gasteiger partial charge in [0.25, 0.3) is 0 Å². The van der Waals surface area contributed by atoms with Gasteiger partial charge in [-0.2, -0.15) is 5.10 Å². The molecule has 0 bridgehead atoms. The molecule has 0 N–H and O–H groups in total. The molecule has 1 aromatic carbocycles. The van der Waals surface area contributed by atoms with Gasteiger partial charge in [0.15, 0.2) is 0 Å². The predicted octanol–water partition coefficient (Wildman–Crippen LogP) is 4.02. The van der Waals surface area contributed by atoms with Gasteiger partial charge in [0.05, 0.1) is 12.2 Å². The fourth-order valence-electron chi connectivity index (χ4n) is 3.49. The fraction of sp³-hybridized carbons (Fsp3) is 0.421. The van der Waals surface area contributed by atoms with Gasteiger partial charge in [-0.15, -0.1) is 6.58 Å². The highest BCUT2D eigenvalue weighted by atomic mass is 15.3. The van der Waals surface area contributed by atoms with Gasteiger partial charge in [0.1, 0.15) is 0 Å². The van der Waals surface area contributed by atoms with E-state index in [4.69, 9.17) is 0 Å². The number of allylic oxidation sites excluding steroid dienone is 1. The smallest absolute Gasteiger partial charge is 0.0638 e. The third-order valence-corrected chi connectivity index (χ3v) is 4.65. The Labute approximate surface area is 133 Å². The number of aryl methyl sites for hydroxylation is 2. The van der Waals surface area contributed by atoms with Crippen molar-refractivity contribution in [1.29, 1.82) is 0 Å². The summed E-state index contributed by atoms with van der Waals surface area (Å²) < 4.78 is 1.98. The lowest BCUT2D eigenvalue weighted by atomic mass is 9.99. The van der Waals surface area contributed by atoms with Crippen LogP contribution in [0.1, 0.15) is 41.3 Å². The van der Waals surface area contributed by atoms with Gasteiger partial charge in [-0.25, -0.2) is 0 Å². The van der Waals surface area contributed by atoms with Gasteiger partial charge in [-0.3, -0.25) is 9.58 Å². The molecular formula is C19H25N3. The molecule has 22 heavy (non-hydrogen) atoms. The molecule has 0 radical (unpaired) electrons. The lowest BCUT2D eigenvalue weighted by Gasteiger charge is -2.25. The Kier molecular flexibility index (Phi) is 4.44. The molecule has 2 heterocycles. The molecule has 116 valence electrons. The standard InChI is InChI=1S/C19H25N3/c1-4-11-22-14-17(16(3)20-22)13-21-12-7-10-19(21)18-9-6-5-8-15(18)2/h4-6,8-9,14,19H,1,7,10-13H2,2-3H3. The van der Waals surface area contributed by atoms with Crippen LogP contribution in [0.5, 0.6) is 0 Å². The van der Waals surface area contributed by atoms with E-state index < -0.39 is 0 Å². The second-order valence-electron chi connectivity index (χ2n) is 6.24. The monoisotopic (exact) mass is 295 g/mol. The Morgan fingerprint density at radius 2 is 2.14 bits per heavy atom. The molecular weight excluding hydrogens is 270 g/mol. The first-order valence-electron chi connectivity index (χ1n) is 8.12. The fourth-order valence-corrected chi connectivity index (χ4v) is 3.49. The predicted molar refractivity (Wildman–Crippen MR) is 90.7 cm³/mol. The highest BCUT2D eigenvalue weighted by molar-refractivity contribution is 5.30. The van der Waals surface area contributed by atoms with E-state index in [2.05, 4.69) is 60.9 Å². The molecule has 2 aromatic rings. The van der Waals surface area contributed by atoms with E-state index in [-0.39, 0.29) is 0 Å². The van der Waals surface area contributed by atoms with E-state index in [0.717, 1.165) is 18.8 Å². The minimum atomic E-state index is 0.545. The summed E-state index contributed by atoms with van der Waals surface area (Å²) in [5.41, 5.74) is 5.36. The number of aromatic nitrogens is 2. The second-order valence-corrected chi connectivity index (χ2v) is 6.24. The van der Waals surface area contributed by atoms with Crippen LogP contribution >= 0.6 is 0 Å². The van der Waals surface area contributed by atoms with Crippen LogP contribution in [0.4, 0.5) is 0 Å². The second kappa shape index (κ2) is 6.49. The normalized spacial score (nSPS) is 18.7. The van der Waals surface area contributed by atoms with Crippen molar-refractivity contribution in [1.82, 2.24) is 14.7 Å². The minimum Gasteiger partial charge on any atom is -0.292 e. The molecule has 3 heteroatoms. The van der Waals surface area contributed by atoms with Crippen molar-refractivity contribution in [3.8, 4) is 0 Å². The summed E-state index contributed by atoms with van der Waals surface area (Å²) in [6, 6.07) is 9.34. The molecule has 1 aliphatic heterocycles. The van der Waals surface area contributed by atoms with Crippen molar-refractivity contribution >= 4 is 0 Å². The number of likely N-dealkylation sites (tertiary alicyclic amines) is 1. The number of nitrogens with zero attached hydrogens (tertiary/aromatic N) is 3. The van der Waals surface area contributed by atoms with Crippen LogP contribution in [0.2, 0.25) is 0 Å². The molecule has 1 aromatic heterocycles. The molecule has 1 aliphatic rings. The Hall–Kier alpha value is -1.87. The van der Waals surface area contributed by atoms with Crippen molar-refractivity contribution in [2.45, 2.75) is 45.8 Å². The zero-order valence-electron chi connectivity index (χ0n) is 13.6. The van der Waals surface area contributed by atoms with Gasteiger partial charge < -0.3 is 0 Å². The molecule has 0 aliphatic carbocycles. The maximum absolute atomic E-state index is 4.58. The van der Waals surface area contributed by atoms with Crippen molar-refractivity contribution in [3.05, 3.63) is 65.5 Å². The largest absolute Gasteiger partial charge is 0.292 e. The Balaban J connectivity index is 1.79. The topological polar surface area (TPSA) is 21.1 Å². The first-order valence-corrected chi connectivity index (χ1v) is 8.12. The molecule has 1 fully saturated rings. The summed E-state index contributed by atoms with van der Waals surface area (Å²) in [5, 5.41) is 4.58. The maximum Gasteiger partial charge on any atom is 0.0638 e. The molecule has 1 atom stereocenters. The van der Waals surface area contributed by atoms with Gasteiger partial charge >= 0.3 is 0 Å². The van der Waals surface area contributed by atoms with Gasteiger partial charge in [-0.1, -0.05) is 30.3 Å². The average molecular weight is 295 g/mol. The Morgan fingerprint density at radius 1 is 1.32 bits per heavy atom. The average Bonchev–Trinajstić information content (AvgIpc) is 3.08. The van der Waals surface area contributed by atoms with Gasteiger partial charge in [0, 0.05) is 24.3 Å². The number of rotatable bonds is 5. The van der Waals surface area contributed by atoms with E-state index in [0.29, 0.717) is 6.04 Å². The van der Waals surface area contributed by atoms with Crippen molar-refractivity contribution in [3.63, 3.8) is 0 Å². The van der Waals surface area contributed by atoms with Crippen LogP contribution in [-0.4, -0.2) is 21.2 Å². The summed E-state index contributed by atoms with van der Waals surface area (Å²) in [6.45, 7) is 11.1. The third kappa shape index (κ3) is 3.00. The van der Waals surface area contributed by atoms with Gasteiger partial charge in [-0.05, 0) is 44.4 Å². The van der Waals surface area contributed by atoms with Crippen molar-refractivity contribution < 1.29 is 0 Å². The summed E-state index contributed by atoms with van der Waals surface area (Å²) in [5.74, 6) is 0. The van der Waals surface area contributed by atoms with Crippen molar-refractivity contribution in [2.75, 3.05) is 6.54 Å². The zero-order chi connectivity index (χ0) is 15.5. The highest BCUT2D eigenvalue weighted by Crippen LogP contribution is 2.34. The first-order chi connectivity index (χ1) is 10.7. The van der Waals surface area contributed by atoms with E-state index in [1.54, 1.807) is 0 Å². The molecule has 0 spiro atoms. The van der Waals surface area contributed by atoms with Crippen LogP contribution in [-0.2, 0) is 13.1 Å². The zero-order valence-corrected chi connectivity index (χ0v) is 13.6. The van der Waals surface area contributed by atoms with Crippen LogP contribution in [0.25, 0.3) is 0 Å². The number of hydrogen-bond acceptors (Lipinski definition) is 2. The quantitative estimate of drug-likeness (QED) is 0.777. The molecule has 1 unspecified atom stereocenters. The Bertz CT molecular complexity index is 656. The Morgan fingerprint density at radius 3 is 2.91 bits per heavy atom. The SMILES string of the molecule is C=CCn1cc(CN2CCCC2c2ccccc2C)c(C)n1. The maximum atomic E-state index is 4.58. The summed E-state index contributed by atoms with van der Waals surface area (Å²) in [7, 11) is 0. The lowest BCUT2D eigenvalue weighted by molar-refractivity contribution is 0.247. The highest BCUT2D eigenvalue weighted by Gasteiger charge is 2.27. The van der Waals surface area contributed by atoms with Crippen LogP contribution in [0.3, 0.4) is 0 Å². The summed E-state index contributed by atoms with van der Waals surface area (Å²) in [4.78, 5) is 2.60. The van der Waals surface area contributed by atoms with E-state index in [9.17, 15) is 0 Å². The van der Waals surface area contributed by atoms with Crippen molar-refractivity contribution in [2.24, 2.45) is 0 Å². The first kappa shape index (κ1) is 15.0. The molecule has 0 amide bonds. The number of hydrogen-bond donors (Lipinski definition) is 0. The van der Waals surface area contributed by atoms with E-state index >= 15 is 0 Å². The summed E-state index contributed by atoms with van der Waals surface area (Å²) >= 11 is 0. The van der Waals surface area contributed by atoms with Crippen LogP contribution < -0.4 is 0 Å². The summed E-state index contributed by atoms with van der Waals surface area (Å²) in [6.07, 6.45) is 6.59. The van der Waals surface area contributed by atoms with E-state index in [1.807, 2.05) is 10.8 Å².